The fourth-order valence-corrected chi connectivity index (χ4v) is 4.25. The van der Waals surface area contributed by atoms with E-state index in [2.05, 4.69) is 53.7 Å². The zero-order chi connectivity index (χ0) is 20.7. The maximum atomic E-state index is 11.8. The van der Waals surface area contributed by atoms with Crippen molar-refractivity contribution in [2.24, 2.45) is 10.9 Å². The zero-order valence-electron chi connectivity index (χ0n) is 17.8. The zero-order valence-corrected chi connectivity index (χ0v) is 20.9. The molecule has 0 aliphatic heterocycles. The van der Waals surface area contributed by atoms with Crippen LogP contribution in [-0.2, 0) is 16.4 Å². The van der Waals surface area contributed by atoms with Crippen LogP contribution in [0.3, 0.4) is 0 Å². The van der Waals surface area contributed by atoms with E-state index in [9.17, 15) is 8.42 Å². The summed E-state index contributed by atoms with van der Waals surface area (Å²) >= 11 is 0. The highest BCUT2D eigenvalue weighted by atomic mass is 127. The summed E-state index contributed by atoms with van der Waals surface area (Å²) in [5.74, 6) is 1.61. The molecular formula is C22H32IN3O2S. The highest BCUT2D eigenvalue weighted by Crippen LogP contribution is 2.23. The van der Waals surface area contributed by atoms with Crippen molar-refractivity contribution in [3.05, 3.63) is 65.2 Å². The SMILES string of the molecule is CN=C(NCc1ccc(S(C)(=O)=O)c(C)c1)NCC(c1ccccc1)C(C)C.I. The largest absolute Gasteiger partial charge is 0.356 e. The third kappa shape index (κ3) is 7.62. The van der Waals surface area contributed by atoms with E-state index < -0.39 is 9.84 Å². The number of nitrogens with one attached hydrogen (secondary N) is 2. The minimum absolute atomic E-state index is 0. The number of nitrogens with zero attached hydrogens (tertiary/aromatic N) is 1. The first-order valence-electron chi connectivity index (χ1n) is 9.51. The molecule has 7 heteroatoms. The van der Waals surface area contributed by atoms with E-state index in [0.29, 0.717) is 23.3 Å². The number of aryl methyl sites for hydroxylation is 1. The first kappa shape index (κ1) is 25.4. The molecular weight excluding hydrogens is 497 g/mol. The summed E-state index contributed by atoms with van der Waals surface area (Å²) in [6.45, 7) is 7.62. The average Bonchev–Trinajstić information content (AvgIpc) is 2.64. The number of guanidine groups is 1. The molecule has 0 aliphatic carbocycles. The Morgan fingerprint density at radius 2 is 1.72 bits per heavy atom. The van der Waals surface area contributed by atoms with Gasteiger partial charge >= 0.3 is 0 Å². The molecule has 2 rings (SSSR count). The van der Waals surface area contributed by atoms with E-state index in [0.717, 1.165) is 23.6 Å². The number of rotatable bonds is 7. The molecule has 29 heavy (non-hydrogen) atoms. The Labute approximate surface area is 192 Å². The monoisotopic (exact) mass is 529 g/mol. The van der Waals surface area contributed by atoms with Gasteiger partial charge in [0.1, 0.15) is 0 Å². The van der Waals surface area contributed by atoms with Crippen molar-refractivity contribution in [2.45, 2.75) is 38.1 Å². The predicted molar refractivity (Wildman–Crippen MR) is 132 cm³/mol. The molecule has 0 saturated heterocycles. The van der Waals surface area contributed by atoms with Crippen molar-refractivity contribution in [1.82, 2.24) is 10.6 Å². The van der Waals surface area contributed by atoms with Crippen molar-refractivity contribution in [1.29, 1.82) is 0 Å². The smallest absolute Gasteiger partial charge is 0.191 e. The van der Waals surface area contributed by atoms with Crippen LogP contribution in [0, 0.1) is 12.8 Å². The van der Waals surface area contributed by atoms with Gasteiger partial charge in [0.15, 0.2) is 15.8 Å². The predicted octanol–water partition coefficient (Wildman–Crippen LogP) is 4.12. The Balaban J connectivity index is 0.00000420. The Hall–Kier alpha value is -1.61. The Kier molecular flexibility index (Phi) is 10.1. The molecule has 0 amide bonds. The number of sulfone groups is 1. The first-order valence-corrected chi connectivity index (χ1v) is 11.4. The highest BCUT2D eigenvalue weighted by Gasteiger charge is 2.16. The number of benzene rings is 2. The second-order valence-electron chi connectivity index (χ2n) is 7.44. The van der Waals surface area contributed by atoms with Crippen LogP contribution < -0.4 is 10.6 Å². The highest BCUT2D eigenvalue weighted by molar-refractivity contribution is 14.0. The lowest BCUT2D eigenvalue weighted by Gasteiger charge is -2.23. The summed E-state index contributed by atoms with van der Waals surface area (Å²) in [5.41, 5.74) is 3.08. The van der Waals surface area contributed by atoms with Gasteiger partial charge in [0, 0.05) is 32.3 Å². The van der Waals surface area contributed by atoms with Crippen molar-refractivity contribution in [3.63, 3.8) is 0 Å². The van der Waals surface area contributed by atoms with Crippen LogP contribution in [0.4, 0.5) is 0 Å². The summed E-state index contributed by atoms with van der Waals surface area (Å²) in [6.07, 6.45) is 1.23. The number of halogens is 1. The normalized spacial score (nSPS) is 13.0. The summed E-state index contributed by atoms with van der Waals surface area (Å²) in [7, 11) is -1.45. The number of aliphatic imine (C=N–C) groups is 1. The van der Waals surface area contributed by atoms with E-state index in [-0.39, 0.29) is 24.0 Å². The van der Waals surface area contributed by atoms with Crippen LogP contribution in [0.25, 0.3) is 0 Å². The van der Waals surface area contributed by atoms with Gasteiger partial charge in [0.25, 0.3) is 0 Å². The Bertz CT molecular complexity index is 913. The third-order valence-corrected chi connectivity index (χ3v) is 6.10. The van der Waals surface area contributed by atoms with Crippen LogP contribution in [0.1, 0.15) is 36.5 Å². The summed E-state index contributed by atoms with van der Waals surface area (Å²) < 4.78 is 23.5. The van der Waals surface area contributed by atoms with Crippen LogP contribution in [0.15, 0.2) is 58.4 Å². The molecule has 0 radical (unpaired) electrons. The van der Waals surface area contributed by atoms with Gasteiger partial charge in [-0.3, -0.25) is 4.99 Å². The number of hydrogen-bond donors (Lipinski definition) is 2. The van der Waals surface area contributed by atoms with Crippen molar-refractivity contribution in [2.75, 3.05) is 19.8 Å². The lowest BCUT2D eigenvalue weighted by atomic mass is 9.88. The molecule has 2 aromatic rings. The molecule has 2 aromatic carbocycles. The van der Waals surface area contributed by atoms with Crippen molar-refractivity contribution >= 4 is 39.8 Å². The Morgan fingerprint density at radius 1 is 1.07 bits per heavy atom. The van der Waals surface area contributed by atoms with E-state index in [4.69, 9.17) is 0 Å². The summed E-state index contributed by atoms with van der Waals surface area (Å²) in [4.78, 5) is 4.68. The van der Waals surface area contributed by atoms with E-state index >= 15 is 0 Å². The lowest BCUT2D eigenvalue weighted by molar-refractivity contribution is 0.488. The molecule has 0 saturated carbocycles. The van der Waals surface area contributed by atoms with E-state index in [1.54, 1.807) is 13.1 Å². The van der Waals surface area contributed by atoms with Crippen LogP contribution in [0.5, 0.6) is 0 Å². The Morgan fingerprint density at radius 3 is 2.24 bits per heavy atom. The molecule has 1 atom stereocenters. The molecule has 0 bridgehead atoms. The van der Waals surface area contributed by atoms with Gasteiger partial charge in [0.05, 0.1) is 4.90 Å². The maximum absolute atomic E-state index is 11.8. The van der Waals surface area contributed by atoms with Gasteiger partial charge in [-0.1, -0.05) is 56.3 Å². The van der Waals surface area contributed by atoms with Gasteiger partial charge in [-0.25, -0.2) is 8.42 Å². The van der Waals surface area contributed by atoms with Gasteiger partial charge in [-0.15, -0.1) is 24.0 Å². The van der Waals surface area contributed by atoms with Crippen LogP contribution >= 0.6 is 24.0 Å². The summed E-state index contributed by atoms with van der Waals surface area (Å²) in [5, 5.41) is 6.72. The second kappa shape index (κ2) is 11.5. The van der Waals surface area contributed by atoms with E-state index in [1.165, 1.54) is 11.8 Å². The molecule has 0 aromatic heterocycles. The molecule has 1 unspecified atom stereocenters. The quantitative estimate of drug-likeness (QED) is 0.322. The molecule has 2 N–H and O–H groups in total. The van der Waals surface area contributed by atoms with Crippen LogP contribution in [0.2, 0.25) is 0 Å². The van der Waals surface area contributed by atoms with Gasteiger partial charge in [-0.05, 0) is 35.6 Å². The standard InChI is InChI=1S/C22H31N3O2S.HI/c1-16(2)20(19-9-7-6-8-10-19)15-25-22(23-4)24-14-18-11-12-21(17(3)13-18)28(5,26)27;/h6-13,16,20H,14-15H2,1-5H3,(H2,23,24,25);1H. The second-order valence-corrected chi connectivity index (χ2v) is 9.42. The van der Waals surface area contributed by atoms with Crippen LogP contribution in [-0.4, -0.2) is 34.2 Å². The average molecular weight is 529 g/mol. The molecule has 0 heterocycles. The third-order valence-electron chi connectivity index (χ3n) is 4.84. The molecule has 160 valence electrons. The molecule has 0 spiro atoms. The minimum atomic E-state index is -3.20. The van der Waals surface area contributed by atoms with Gasteiger partial charge < -0.3 is 10.6 Å². The molecule has 0 fully saturated rings. The van der Waals surface area contributed by atoms with Gasteiger partial charge in [-0.2, -0.15) is 0 Å². The fraction of sp³-hybridized carbons (Fsp3) is 0.409. The molecule has 5 nitrogen and oxygen atoms in total. The summed E-state index contributed by atoms with van der Waals surface area (Å²) in [6, 6.07) is 15.9. The van der Waals surface area contributed by atoms with Gasteiger partial charge in [0.2, 0.25) is 0 Å². The molecule has 0 aliphatic rings. The maximum Gasteiger partial charge on any atom is 0.191 e. The van der Waals surface area contributed by atoms with Crippen molar-refractivity contribution < 1.29 is 8.42 Å². The first-order chi connectivity index (χ1) is 13.2. The van der Waals surface area contributed by atoms with E-state index in [1.807, 2.05) is 25.1 Å². The van der Waals surface area contributed by atoms with Crippen molar-refractivity contribution in [3.8, 4) is 0 Å². The fourth-order valence-electron chi connectivity index (χ4n) is 3.29. The number of hydrogen-bond acceptors (Lipinski definition) is 3. The topological polar surface area (TPSA) is 70.6 Å². The minimum Gasteiger partial charge on any atom is -0.356 e. The lowest BCUT2D eigenvalue weighted by Crippen LogP contribution is -2.39.